The van der Waals surface area contributed by atoms with Crippen LogP contribution in [0.3, 0.4) is 0 Å². The summed E-state index contributed by atoms with van der Waals surface area (Å²) in [4.78, 5) is 0. The SMILES string of the molecule is C=C(C)CC(NN)c1ccccc1OC. The molecule has 0 spiro atoms. The summed E-state index contributed by atoms with van der Waals surface area (Å²) in [6, 6.07) is 7.90. The van der Waals surface area contributed by atoms with Crippen LogP contribution in [-0.2, 0) is 0 Å². The minimum atomic E-state index is 0.0543. The Hall–Kier alpha value is -1.32. The number of methoxy groups -OCH3 is 1. The zero-order chi connectivity index (χ0) is 11.3. The van der Waals surface area contributed by atoms with Crippen molar-refractivity contribution in [3.05, 3.63) is 42.0 Å². The van der Waals surface area contributed by atoms with Crippen LogP contribution in [0.1, 0.15) is 24.9 Å². The quantitative estimate of drug-likeness (QED) is 0.441. The first-order valence-electron chi connectivity index (χ1n) is 4.92. The Morgan fingerprint density at radius 2 is 2.20 bits per heavy atom. The number of hydrazine groups is 1. The molecule has 3 N–H and O–H groups in total. The van der Waals surface area contributed by atoms with Gasteiger partial charge in [0.15, 0.2) is 0 Å². The van der Waals surface area contributed by atoms with Gasteiger partial charge in [-0.05, 0) is 19.4 Å². The molecule has 1 atom stereocenters. The standard InChI is InChI=1S/C12H18N2O/c1-9(2)8-11(14-13)10-6-4-5-7-12(10)15-3/h4-7,11,14H,1,8,13H2,2-3H3. The first-order valence-corrected chi connectivity index (χ1v) is 4.92. The van der Waals surface area contributed by atoms with E-state index in [1.54, 1.807) is 7.11 Å². The monoisotopic (exact) mass is 206 g/mol. The predicted octanol–water partition coefficient (Wildman–Crippen LogP) is 2.17. The highest BCUT2D eigenvalue weighted by molar-refractivity contribution is 5.36. The highest BCUT2D eigenvalue weighted by atomic mass is 16.5. The molecule has 1 aromatic rings. The number of benzene rings is 1. The minimum absolute atomic E-state index is 0.0543. The van der Waals surface area contributed by atoms with E-state index in [4.69, 9.17) is 10.6 Å². The largest absolute Gasteiger partial charge is 0.496 e. The number of nitrogens with two attached hydrogens (primary N) is 1. The van der Waals surface area contributed by atoms with E-state index >= 15 is 0 Å². The third-order valence-electron chi connectivity index (χ3n) is 2.27. The van der Waals surface area contributed by atoms with Crippen LogP contribution >= 0.6 is 0 Å². The fraction of sp³-hybridized carbons (Fsp3) is 0.333. The first kappa shape index (κ1) is 11.8. The molecule has 0 aliphatic rings. The van der Waals surface area contributed by atoms with Gasteiger partial charge in [-0.3, -0.25) is 11.3 Å². The molecule has 0 saturated carbocycles. The Labute approximate surface area is 90.9 Å². The molecule has 0 bridgehead atoms. The van der Waals surface area contributed by atoms with Crippen molar-refractivity contribution in [2.24, 2.45) is 5.84 Å². The van der Waals surface area contributed by atoms with Crippen LogP contribution in [0.2, 0.25) is 0 Å². The van der Waals surface area contributed by atoms with E-state index in [1.807, 2.05) is 31.2 Å². The van der Waals surface area contributed by atoms with Crippen LogP contribution < -0.4 is 16.0 Å². The molecule has 0 fully saturated rings. The van der Waals surface area contributed by atoms with Crippen molar-refractivity contribution in [1.82, 2.24) is 5.43 Å². The van der Waals surface area contributed by atoms with E-state index in [-0.39, 0.29) is 6.04 Å². The van der Waals surface area contributed by atoms with Gasteiger partial charge in [-0.2, -0.15) is 0 Å². The average Bonchev–Trinajstić information content (AvgIpc) is 2.25. The Bertz CT molecular complexity index is 336. The summed E-state index contributed by atoms with van der Waals surface area (Å²) in [6.45, 7) is 5.87. The van der Waals surface area contributed by atoms with Crippen molar-refractivity contribution in [3.63, 3.8) is 0 Å². The molecule has 0 aromatic heterocycles. The number of para-hydroxylation sites is 1. The van der Waals surface area contributed by atoms with E-state index in [2.05, 4.69) is 12.0 Å². The minimum Gasteiger partial charge on any atom is -0.496 e. The summed E-state index contributed by atoms with van der Waals surface area (Å²) in [7, 11) is 1.66. The van der Waals surface area contributed by atoms with Gasteiger partial charge >= 0.3 is 0 Å². The molecule has 0 aliphatic carbocycles. The topological polar surface area (TPSA) is 47.3 Å². The van der Waals surface area contributed by atoms with Crippen molar-refractivity contribution in [2.45, 2.75) is 19.4 Å². The van der Waals surface area contributed by atoms with Gasteiger partial charge in [-0.1, -0.05) is 23.8 Å². The molecule has 15 heavy (non-hydrogen) atoms. The number of ether oxygens (including phenoxy) is 1. The zero-order valence-electron chi connectivity index (χ0n) is 9.29. The smallest absolute Gasteiger partial charge is 0.123 e. The molecule has 82 valence electrons. The summed E-state index contributed by atoms with van der Waals surface area (Å²) < 4.78 is 5.28. The molecule has 3 nitrogen and oxygen atoms in total. The average molecular weight is 206 g/mol. The van der Waals surface area contributed by atoms with Crippen molar-refractivity contribution >= 4 is 0 Å². The zero-order valence-corrected chi connectivity index (χ0v) is 9.29. The maximum Gasteiger partial charge on any atom is 0.123 e. The molecular formula is C12H18N2O. The van der Waals surface area contributed by atoms with E-state index in [0.717, 1.165) is 23.3 Å². The summed E-state index contributed by atoms with van der Waals surface area (Å²) in [5, 5.41) is 0. The number of rotatable bonds is 5. The molecule has 0 amide bonds. The molecule has 1 unspecified atom stereocenters. The van der Waals surface area contributed by atoms with Crippen LogP contribution in [0.5, 0.6) is 5.75 Å². The first-order chi connectivity index (χ1) is 7.19. The molecule has 3 heteroatoms. The predicted molar refractivity (Wildman–Crippen MR) is 62.5 cm³/mol. The normalized spacial score (nSPS) is 12.2. The number of hydrogen-bond acceptors (Lipinski definition) is 3. The van der Waals surface area contributed by atoms with Gasteiger partial charge in [0.1, 0.15) is 5.75 Å². The Balaban J connectivity index is 2.95. The van der Waals surface area contributed by atoms with E-state index in [0.29, 0.717) is 0 Å². The summed E-state index contributed by atoms with van der Waals surface area (Å²) in [5.41, 5.74) is 4.93. The number of hydrogen-bond donors (Lipinski definition) is 2. The van der Waals surface area contributed by atoms with E-state index < -0.39 is 0 Å². The van der Waals surface area contributed by atoms with Crippen molar-refractivity contribution in [3.8, 4) is 5.75 Å². The lowest BCUT2D eigenvalue weighted by atomic mass is 10.00. The van der Waals surface area contributed by atoms with Crippen molar-refractivity contribution < 1.29 is 4.74 Å². The maximum atomic E-state index is 5.53. The second-order valence-corrected chi connectivity index (χ2v) is 3.62. The maximum absolute atomic E-state index is 5.53. The second-order valence-electron chi connectivity index (χ2n) is 3.62. The molecule has 0 aliphatic heterocycles. The lowest BCUT2D eigenvalue weighted by molar-refractivity contribution is 0.399. The summed E-state index contributed by atoms with van der Waals surface area (Å²) >= 11 is 0. The van der Waals surface area contributed by atoms with E-state index in [1.165, 1.54) is 0 Å². The second kappa shape index (κ2) is 5.53. The molecule has 1 rings (SSSR count). The van der Waals surface area contributed by atoms with Crippen molar-refractivity contribution in [2.75, 3.05) is 7.11 Å². The Kier molecular flexibility index (Phi) is 4.34. The molecular weight excluding hydrogens is 188 g/mol. The van der Waals surface area contributed by atoms with Gasteiger partial charge < -0.3 is 4.74 Å². The van der Waals surface area contributed by atoms with Crippen LogP contribution in [0.15, 0.2) is 36.4 Å². The fourth-order valence-electron chi connectivity index (χ4n) is 1.56. The van der Waals surface area contributed by atoms with Gasteiger partial charge in [-0.15, -0.1) is 6.58 Å². The molecule has 0 radical (unpaired) electrons. The summed E-state index contributed by atoms with van der Waals surface area (Å²) in [6.07, 6.45) is 0.802. The van der Waals surface area contributed by atoms with Crippen LogP contribution in [-0.4, -0.2) is 7.11 Å². The van der Waals surface area contributed by atoms with Crippen LogP contribution in [0, 0.1) is 0 Å². The third-order valence-corrected chi connectivity index (χ3v) is 2.27. The van der Waals surface area contributed by atoms with Gasteiger partial charge in [0, 0.05) is 5.56 Å². The highest BCUT2D eigenvalue weighted by Gasteiger charge is 2.13. The van der Waals surface area contributed by atoms with Crippen molar-refractivity contribution in [1.29, 1.82) is 0 Å². The molecule has 0 heterocycles. The Morgan fingerprint density at radius 1 is 1.53 bits per heavy atom. The lowest BCUT2D eigenvalue weighted by Gasteiger charge is -2.18. The Morgan fingerprint density at radius 3 is 2.73 bits per heavy atom. The van der Waals surface area contributed by atoms with Gasteiger partial charge in [0.25, 0.3) is 0 Å². The molecule has 0 saturated heterocycles. The van der Waals surface area contributed by atoms with Gasteiger partial charge in [0.2, 0.25) is 0 Å². The summed E-state index contributed by atoms with van der Waals surface area (Å²) in [5.74, 6) is 6.38. The van der Waals surface area contributed by atoms with E-state index in [9.17, 15) is 0 Å². The number of nitrogens with one attached hydrogen (secondary N) is 1. The van der Waals surface area contributed by atoms with Gasteiger partial charge in [0.05, 0.1) is 13.2 Å². The van der Waals surface area contributed by atoms with Crippen LogP contribution in [0.25, 0.3) is 0 Å². The third kappa shape index (κ3) is 3.08. The lowest BCUT2D eigenvalue weighted by Crippen LogP contribution is -2.28. The molecule has 1 aromatic carbocycles. The highest BCUT2D eigenvalue weighted by Crippen LogP contribution is 2.27. The fourth-order valence-corrected chi connectivity index (χ4v) is 1.56. The van der Waals surface area contributed by atoms with Gasteiger partial charge in [-0.25, -0.2) is 0 Å². The van der Waals surface area contributed by atoms with Crippen LogP contribution in [0.4, 0.5) is 0 Å².